The maximum absolute atomic E-state index is 12.1. The number of esters is 1. The lowest BCUT2D eigenvalue weighted by Gasteiger charge is -2.16. The van der Waals surface area contributed by atoms with Crippen LogP contribution in [0.25, 0.3) is 0 Å². The van der Waals surface area contributed by atoms with Crippen LogP contribution in [0.15, 0.2) is 15.9 Å². The van der Waals surface area contributed by atoms with Crippen molar-refractivity contribution in [2.45, 2.75) is 12.2 Å². The summed E-state index contributed by atoms with van der Waals surface area (Å²) in [5, 5.41) is 2.13. The lowest BCUT2D eigenvalue weighted by molar-refractivity contribution is -0.146. The monoisotopic (exact) mass is 331 g/mol. The van der Waals surface area contributed by atoms with Crippen LogP contribution < -0.4 is 5.32 Å². The van der Waals surface area contributed by atoms with E-state index in [2.05, 4.69) is 26.0 Å². The molecule has 0 aliphatic carbocycles. The number of hydrogen-bond donors (Lipinski definition) is 1. The van der Waals surface area contributed by atoms with Gasteiger partial charge in [-0.25, -0.2) is 4.79 Å². The summed E-state index contributed by atoms with van der Waals surface area (Å²) >= 11 is 4.35. The van der Waals surface area contributed by atoms with Crippen molar-refractivity contribution in [1.82, 2.24) is 5.32 Å². The molecule has 1 aromatic rings. The first-order chi connectivity index (χ1) is 7.83. The molecule has 0 spiro atoms. The normalized spacial score (nSPS) is 13.5. The van der Waals surface area contributed by atoms with Crippen LogP contribution in [0.1, 0.15) is 10.9 Å². The van der Waals surface area contributed by atoms with Gasteiger partial charge in [-0.05, 0) is 28.1 Å². The molecule has 1 N–H and O–H groups in total. The van der Waals surface area contributed by atoms with Crippen LogP contribution in [0, 0.1) is 0 Å². The van der Waals surface area contributed by atoms with E-state index >= 15 is 0 Å². The van der Waals surface area contributed by atoms with E-state index in [1.807, 2.05) is 0 Å². The molecule has 1 rings (SSSR count). The van der Waals surface area contributed by atoms with Crippen molar-refractivity contribution in [3.05, 3.63) is 20.8 Å². The summed E-state index contributed by atoms with van der Waals surface area (Å²) in [6, 6.07) is 2.13. The number of carbonyl (C=O) groups excluding carboxylic acids is 1. The highest BCUT2D eigenvalue weighted by Crippen LogP contribution is 2.28. The topological polar surface area (TPSA) is 38.3 Å². The van der Waals surface area contributed by atoms with E-state index in [9.17, 15) is 18.0 Å². The van der Waals surface area contributed by atoms with E-state index in [0.29, 0.717) is 4.88 Å². The highest BCUT2D eigenvalue weighted by atomic mass is 79.9. The fourth-order valence-electron chi connectivity index (χ4n) is 1.12. The molecule has 0 aromatic carbocycles. The van der Waals surface area contributed by atoms with Gasteiger partial charge < -0.3 is 4.74 Å². The van der Waals surface area contributed by atoms with E-state index in [0.717, 1.165) is 10.9 Å². The van der Waals surface area contributed by atoms with Gasteiger partial charge in [-0.15, -0.1) is 11.3 Å². The SMILES string of the molecule is COC(=O)C(NCC(F)(F)F)c1ccc(Br)s1. The Morgan fingerprint density at radius 3 is 2.65 bits per heavy atom. The molecule has 1 atom stereocenters. The fourth-order valence-corrected chi connectivity index (χ4v) is 2.61. The molecule has 0 aliphatic rings. The van der Waals surface area contributed by atoms with Crippen LogP contribution in [0.3, 0.4) is 0 Å². The second-order valence-electron chi connectivity index (χ2n) is 3.09. The molecule has 17 heavy (non-hydrogen) atoms. The van der Waals surface area contributed by atoms with E-state index in [4.69, 9.17) is 0 Å². The molecule has 96 valence electrons. The van der Waals surface area contributed by atoms with Crippen molar-refractivity contribution in [2.24, 2.45) is 0 Å². The Morgan fingerprint density at radius 2 is 2.24 bits per heavy atom. The molecule has 1 aromatic heterocycles. The molecule has 0 aliphatic heterocycles. The van der Waals surface area contributed by atoms with Crippen LogP contribution >= 0.6 is 27.3 Å². The van der Waals surface area contributed by atoms with Crippen LogP contribution in [-0.4, -0.2) is 25.8 Å². The second-order valence-corrected chi connectivity index (χ2v) is 5.59. The van der Waals surface area contributed by atoms with Gasteiger partial charge in [-0.3, -0.25) is 5.32 Å². The number of alkyl halides is 3. The van der Waals surface area contributed by atoms with Crippen molar-refractivity contribution < 1.29 is 22.7 Å². The third-order valence-electron chi connectivity index (χ3n) is 1.82. The van der Waals surface area contributed by atoms with Gasteiger partial charge in [0.15, 0.2) is 0 Å². The molecule has 0 saturated carbocycles. The molecular formula is C9H9BrF3NO2S. The zero-order valence-corrected chi connectivity index (χ0v) is 11.1. The van der Waals surface area contributed by atoms with Crippen LogP contribution in [0.4, 0.5) is 13.2 Å². The van der Waals surface area contributed by atoms with Crippen molar-refractivity contribution in [2.75, 3.05) is 13.7 Å². The molecule has 8 heteroatoms. The Balaban J connectivity index is 2.78. The maximum atomic E-state index is 12.1. The average Bonchev–Trinajstić information content (AvgIpc) is 2.63. The van der Waals surface area contributed by atoms with Crippen molar-refractivity contribution >= 4 is 33.2 Å². The third-order valence-corrected chi connectivity index (χ3v) is 3.51. The predicted octanol–water partition coefficient (Wildman–Crippen LogP) is 2.88. The predicted molar refractivity (Wildman–Crippen MR) is 60.8 cm³/mol. The standard InChI is InChI=1S/C9H9BrF3NO2S/c1-16-8(15)7(14-4-9(11,12)13)5-2-3-6(10)17-5/h2-3,7,14H,4H2,1H3. The van der Waals surface area contributed by atoms with Gasteiger partial charge in [0, 0.05) is 4.88 Å². The molecule has 0 radical (unpaired) electrons. The Hall–Kier alpha value is -0.600. The van der Waals surface area contributed by atoms with Crippen molar-refractivity contribution in [3.63, 3.8) is 0 Å². The van der Waals surface area contributed by atoms with E-state index in [-0.39, 0.29) is 0 Å². The largest absolute Gasteiger partial charge is 0.468 e. The average molecular weight is 332 g/mol. The zero-order valence-electron chi connectivity index (χ0n) is 8.68. The van der Waals surface area contributed by atoms with Gasteiger partial charge in [-0.1, -0.05) is 0 Å². The van der Waals surface area contributed by atoms with Gasteiger partial charge in [0.1, 0.15) is 6.04 Å². The number of ether oxygens (including phenoxy) is 1. The minimum Gasteiger partial charge on any atom is -0.468 e. The lowest BCUT2D eigenvalue weighted by atomic mass is 10.2. The molecule has 0 amide bonds. The Kier molecular flexibility index (Phi) is 4.96. The number of halogens is 4. The summed E-state index contributed by atoms with van der Waals surface area (Å²) < 4.78 is 41.4. The second kappa shape index (κ2) is 5.83. The molecule has 0 bridgehead atoms. The molecule has 1 unspecified atom stereocenters. The van der Waals surface area contributed by atoms with Gasteiger partial charge in [0.05, 0.1) is 17.4 Å². The van der Waals surface area contributed by atoms with Crippen LogP contribution in [0.2, 0.25) is 0 Å². The number of thiophene rings is 1. The maximum Gasteiger partial charge on any atom is 0.401 e. The summed E-state index contributed by atoms with van der Waals surface area (Å²) in [5.41, 5.74) is 0. The summed E-state index contributed by atoms with van der Waals surface area (Å²) in [5.74, 6) is -0.747. The summed E-state index contributed by atoms with van der Waals surface area (Å²) in [4.78, 5) is 11.8. The first-order valence-corrected chi connectivity index (χ1v) is 6.07. The van der Waals surface area contributed by atoms with Crippen molar-refractivity contribution in [1.29, 1.82) is 0 Å². The number of carbonyl (C=O) groups is 1. The molecule has 0 saturated heterocycles. The lowest BCUT2D eigenvalue weighted by Crippen LogP contribution is -2.36. The van der Waals surface area contributed by atoms with Crippen LogP contribution in [-0.2, 0) is 9.53 Å². The van der Waals surface area contributed by atoms with Gasteiger partial charge in [0.25, 0.3) is 0 Å². The van der Waals surface area contributed by atoms with Crippen molar-refractivity contribution in [3.8, 4) is 0 Å². The molecular weight excluding hydrogens is 323 g/mol. The minimum atomic E-state index is -4.37. The van der Waals surface area contributed by atoms with Gasteiger partial charge in [-0.2, -0.15) is 13.2 Å². The highest BCUT2D eigenvalue weighted by Gasteiger charge is 2.31. The summed E-state index contributed by atoms with van der Waals surface area (Å²) in [6.07, 6.45) is -4.37. The number of nitrogens with one attached hydrogen (secondary N) is 1. The Morgan fingerprint density at radius 1 is 1.59 bits per heavy atom. The Bertz CT molecular complexity index is 394. The first-order valence-electron chi connectivity index (χ1n) is 4.46. The molecule has 0 fully saturated rings. The highest BCUT2D eigenvalue weighted by molar-refractivity contribution is 9.11. The zero-order chi connectivity index (χ0) is 13.1. The quantitative estimate of drug-likeness (QED) is 0.862. The van der Waals surface area contributed by atoms with E-state index in [1.54, 1.807) is 12.1 Å². The third kappa shape index (κ3) is 4.64. The van der Waals surface area contributed by atoms with Crippen LogP contribution in [0.5, 0.6) is 0 Å². The first kappa shape index (κ1) is 14.5. The van der Waals surface area contributed by atoms with E-state index < -0.39 is 24.7 Å². The fraction of sp³-hybridized carbons (Fsp3) is 0.444. The minimum absolute atomic E-state index is 0.466. The van der Waals surface area contributed by atoms with Gasteiger partial charge in [0.2, 0.25) is 0 Å². The number of methoxy groups -OCH3 is 1. The molecule has 3 nitrogen and oxygen atoms in total. The number of hydrogen-bond acceptors (Lipinski definition) is 4. The summed E-state index contributed by atoms with van der Waals surface area (Å²) in [7, 11) is 1.13. The van der Waals surface area contributed by atoms with Gasteiger partial charge >= 0.3 is 12.1 Å². The number of rotatable bonds is 4. The summed E-state index contributed by atoms with van der Waals surface area (Å²) in [6.45, 7) is -1.25. The van der Waals surface area contributed by atoms with E-state index in [1.165, 1.54) is 11.3 Å². The Labute approximate surface area is 108 Å². The molecule has 1 heterocycles. The smallest absolute Gasteiger partial charge is 0.401 e.